The van der Waals surface area contributed by atoms with Crippen LogP contribution in [0, 0.1) is 0 Å². The second-order valence-corrected chi connectivity index (χ2v) is 14.0. The predicted molar refractivity (Wildman–Crippen MR) is 229 cm³/mol. The van der Waals surface area contributed by atoms with Crippen LogP contribution in [0.25, 0.3) is 106 Å². The molecule has 5 heteroatoms. The summed E-state index contributed by atoms with van der Waals surface area (Å²) in [5.41, 5.74) is 11.9. The first-order valence-electron chi connectivity index (χ1n) is 18.8. The molecule has 0 radical (unpaired) electrons. The van der Waals surface area contributed by atoms with Crippen LogP contribution in [0.4, 0.5) is 0 Å². The quantitative estimate of drug-likeness (QED) is 0.172. The topological polar surface area (TPSA) is 56.7 Å². The van der Waals surface area contributed by atoms with Gasteiger partial charge in [0.1, 0.15) is 5.58 Å². The first kappa shape index (κ1) is 31.9. The lowest BCUT2D eigenvalue weighted by atomic mass is 10.0. The Morgan fingerprint density at radius 1 is 0.339 bits per heavy atom. The van der Waals surface area contributed by atoms with Crippen molar-refractivity contribution < 1.29 is 4.42 Å². The van der Waals surface area contributed by atoms with Gasteiger partial charge in [-0.15, -0.1) is 0 Å². The highest BCUT2D eigenvalue weighted by molar-refractivity contribution is 6.22. The van der Waals surface area contributed by atoms with Crippen LogP contribution in [0.5, 0.6) is 0 Å². The Morgan fingerprint density at radius 3 is 1.48 bits per heavy atom. The number of nitrogens with zero attached hydrogens (tertiary/aromatic N) is 4. The van der Waals surface area contributed by atoms with Crippen LogP contribution in [0.1, 0.15) is 0 Å². The van der Waals surface area contributed by atoms with Crippen LogP contribution in [0.2, 0.25) is 0 Å². The Kier molecular flexibility index (Phi) is 7.42. The van der Waals surface area contributed by atoms with Crippen molar-refractivity contribution in [1.82, 2.24) is 19.5 Å². The SMILES string of the molecule is c1ccc(-c2cccc(-c3nc(-c4cccc(-c5ccccc5)c4)nc(-c4cccc5c4oc4c5ccc5c6ccccc6n(-c6ccccc6)c54)n3)c2)cc1. The zero-order valence-corrected chi connectivity index (χ0v) is 30.2. The molecule has 0 fully saturated rings. The number of hydrogen-bond donors (Lipinski definition) is 0. The number of benzene rings is 8. The molecule has 0 spiro atoms. The van der Waals surface area contributed by atoms with Gasteiger partial charge in [-0.3, -0.25) is 0 Å². The number of hydrogen-bond acceptors (Lipinski definition) is 4. The molecule has 262 valence electrons. The van der Waals surface area contributed by atoms with Gasteiger partial charge in [0, 0.05) is 38.4 Å². The Balaban J connectivity index is 1.16. The molecule has 0 unspecified atom stereocenters. The largest absolute Gasteiger partial charge is 0.453 e. The average molecular weight is 717 g/mol. The van der Waals surface area contributed by atoms with E-state index in [4.69, 9.17) is 19.4 Å². The molecule has 8 aromatic carbocycles. The van der Waals surface area contributed by atoms with Gasteiger partial charge in [-0.2, -0.15) is 0 Å². The number of aromatic nitrogens is 4. The minimum Gasteiger partial charge on any atom is -0.453 e. The summed E-state index contributed by atoms with van der Waals surface area (Å²) in [5.74, 6) is 1.73. The lowest BCUT2D eigenvalue weighted by molar-refractivity contribution is 0.671. The maximum Gasteiger partial charge on any atom is 0.167 e. The van der Waals surface area contributed by atoms with Crippen LogP contribution in [0.3, 0.4) is 0 Å². The van der Waals surface area contributed by atoms with Crippen molar-refractivity contribution >= 4 is 43.7 Å². The molecule has 0 bridgehead atoms. The van der Waals surface area contributed by atoms with Gasteiger partial charge in [-0.05, 0) is 64.7 Å². The molecule has 0 saturated heterocycles. The van der Waals surface area contributed by atoms with Crippen LogP contribution in [-0.4, -0.2) is 19.5 Å². The fourth-order valence-electron chi connectivity index (χ4n) is 8.02. The zero-order valence-electron chi connectivity index (χ0n) is 30.2. The third kappa shape index (κ3) is 5.29. The highest BCUT2D eigenvalue weighted by Crippen LogP contribution is 2.42. The molecule has 0 amide bonds. The molecule has 3 heterocycles. The maximum atomic E-state index is 7.07. The van der Waals surface area contributed by atoms with E-state index in [-0.39, 0.29) is 0 Å². The van der Waals surface area contributed by atoms with Gasteiger partial charge in [-0.25, -0.2) is 15.0 Å². The molecular formula is C51H32N4O. The van der Waals surface area contributed by atoms with Gasteiger partial charge in [0.05, 0.1) is 16.6 Å². The van der Waals surface area contributed by atoms with Crippen LogP contribution >= 0.6 is 0 Å². The van der Waals surface area contributed by atoms with Gasteiger partial charge < -0.3 is 8.98 Å². The van der Waals surface area contributed by atoms with E-state index in [1.54, 1.807) is 0 Å². The van der Waals surface area contributed by atoms with Crippen molar-refractivity contribution in [3.05, 3.63) is 194 Å². The minimum atomic E-state index is 0.546. The monoisotopic (exact) mass is 716 g/mol. The Morgan fingerprint density at radius 2 is 0.821 bits per heavy atom. The van der Waals surface area contributed by atoms with Crippen LogP contribution in [-0.2, 0) is 0 Å². The summed E-state index contributed by atoms with van der Waals surface area (Å²) in [6, 6.07) is 67.3. The van der Waals surface area contributed by atoms with Gasteiger partial charge in [0.15, 0.2) is 23.1 Å². The molecule has 11 aromatic rings. The van der Waals surface area contributed by atoms with Crippen molar-refractivity contribution in [3.8, 4) is 62.1 Å². The zero-order chi connectivity index (χ0) is 37.0. The molecule has 0 N–H and O–H groups in total. The van der Waals surface area contributed by atoms with Crippen molar-refractivity contribution in [2.45, 2.75) is 0 Å². The fourth-order valence-corrected chi connectivity index (χ4v) is 8.02. The lowest BCUT2D eigenvalue weighted by Gasteiger charge is -2.11. The fraction of sp³-hybridized carbons (Fsp3) is 0. The summed E-state index contributed by atoms with van der Waals surface area (Å²) < 4.78 is 9.38. The minimum absolute atomic E-state index is 0.546. The first-order valence-corrected chi connectivity index (χ1v) is 18.8. The standard InChI is InChI=1S/C51H32N4O/c1-4-15-33(16-5-1)35-19-12-21-37(31-35)49-52-50(38-22-13-20-36(32-38)34-17-6-2-7-18-34)54-51(53-49)44-27-14-26-42-43-30-29-41-40-25-10-11-28-45(40)55(39-23-8-3-9-24-39)46(41)48(43)56-47(42)44/h1-32H. The summed E-state index contributed by atoms with van der Waals surface area (Å²) >= 11 is 0. The smallest absolute Gasteiger partial charge is 0.167 e. The van der Waals surface area contributed by atoms with E-state index in [0.717, 1.165) is 83.0 Å². The van der Waals surface area contributed by atoms with Gasteiger partial charge in [0.2, 0.25) is 0 Å². The molecule has 56 heavy (non-hydrogen) atoms. The highest BCUT2D eigenvalue weighted by Gasteiger charge is 2.22. The third-order valence-electron chi connectivity index (χ3n) is 10.6. The summed E-state index contributed by atoms with van der Waals surface area (Å²) in [6.45, 7) is 0. The van der Waals surface area contributed by atoms with Crippen molar-refractivity contribution in [3.63, 3.8) is 0 Å². The molecule has 0 aliphatic carbocycles. The Hall–Kier alpha value is -7.63. The Bertz CT molecular complexity index is 3140. The molecule has 0 aliphatic heterocycles. The van der Waals surface area contributed by atoms with E-state index < -0.39 is 0 Å². The molecule has 0 aliphatic rings. The Labute approximate surface area is 322 Å². The number of fused-ring (bicyclic) bond motifs is 7. The van der Waals surface area contributed by atoms with Crippen LogP contribution < -0.4 is 0 Å². The maximum absolute atomic E-state index is 7.07. The molecule has 0 atom stereocenters. The van der Waals surface area contributed by atoms with E-state index in [1.807, 2.05) is 18.2 Å². The molecule has 3 aromatic heterocycles. The average Bonchev–Trinajstić information content (AvgIpc) is 3.83. The molecular weight excluding hydrogens is 685 g/mol. The summed E-state index contributed by atoms with van der Waals surface area (Å²) in [7, 11) is 0. The molecule has 0 saturated carbocycles. The lowest BCUT2D eigenvalue weighted by Crippen LogP contribution is -2.00. The number of rotatable bonds is 6. The molecule has 5 nitrogen and oxygen atoms in total. The highest BCUT2D eigenvalue weighted by atomic mass is 16.3. The summed E-state index contributed by atoms with van der Waals surface area (Å²) in [6.07, 6.45) is 0. The second-order valence-electron chi connectivity index (χ2n) is 14.0. The molecule has 11 rings (SSSR count). The number of para-hydroxylation sites is 3. The van der Waals surface area contributed by atoms with Gasteiger partial charge >= 0.3 is 0 Å². The second kappa shape index (κ2) is 13.0. The predicted octanol–water partition coefficient (Wildman–Crippen LogP) is 13.2. The van der Waals surface area contributed by atoms with E-state index in [9.17, 15) is 0 Å². The van der Waals surface area contributed by atoms with E-state index in [0.29, 0.717) is 17.5 Å². The number of furan rings is 1. The van der Waals surface area contributed by atoms with Crippen molar-refractivity contribution in [1.29, 1.82) is 0 Å². The first-order chi connectivity index (χ1) is 27.8. The third-order valence-corrected chi connectivity index (χ3v) is 10.6. The summed E-state index contributed by atoms with van der Waals surface area (Å²) in [4.78, 5) is 15.6. The van der Waals surface area contributed by atoms with Gasteiger partial charge in [0.25, 0.3) is 0 Å². The summed E-state index contributed by atoms with van der Waals surface area (Å²) in [5, 5.41) is 4.36. The van der Waals surface area contributed by atoms with E-state index in [1.165, 1.54) is 5.39 Å². The van der Waals surface area contributed by atoms with Crippen molar-refractivity contribution in [2.24, 2.45) is 0 Å². The van der Waals surface area contributed by atoms with Gasteiger partial charge in [-0.1, -0.05) is 152 Å². The van der Waals surface area contributed by atoms with E-state index >= 15 is 0 Å². The normalized spacial score (nSPS) is 11.6. The van der Waals surface area contributed by atoms with Crippen LogP contribution in [0.15, 0.2) is 199 Å². The van der Waals surface area contributed by atoms with E-state index in [2.05, 4.69) is 180 Å². The van der Waals surface area contributed by atoms with Crippen molar-refractivity contribution in [2.75, 3.05) is 0 Å².